The second-order valence-electron chi connectivity index (χ2n) is 4.66. The predicted octanol–water partition coefficient (Wildman–Crippen LogP) is 3.23. The Kier molecular flexibility index (Phi) is 3.28. The molecular weight excluding hydrogens is 272 g/mol. The lowest BCUT2D eigenvalue weighted by atomic mass is 10.3. The van der Waals surface area contributed by atoms with Crippen molar-refractivity contribution in [1.29, 1.82) is 0 Å². The molecule has 5 heteroatoms. The maximum absolute atomic E-state index is 12.0. The Morgan fingerprint density at radius 3 is 2.95 bits per heavy atom. The summed E-state index contributed by atoms with van der Waals surface area (Å²) in [4.78, 5) is 16.5. The summed E-state index contributed by atoms with van der Waals surface area (Å²) < 4.78 is 7.33. The van der Waals surface area contributed by atoms with Gasteiger partial charge in [-0.25, -0.2) is 4.98 Å². The van der Waals surface area contributed by atoms with Crippen molar-refractivity contribution in [2.75, 3.05) is 0 Å². The van der Waals surface area contributed by atoms with Gasteiger partial charge in [0.05, 0.1) is 6.54 Å². The van der Waals surface area contributed by atoms with Gasteiger partial charge in [-0.3, -0.25) is 4.79 Å². The first-order chi connectivity index (χ1) is 9.65. The molecule has 0 spiro atoms. The van der Waals surface area contributed by atoms with E-state index in [1.54, 1.807) is 22.1 Å². The molecule has 102 valence electrons. The van der Waals surface area contributed by atoms with Gasteiger partial charge in [0.15, 0.2) is 0 Å². The van der Waals surface area contributed by atoms with E-state index in [1.165, 1.54) is 0 Å². The van der Waals surface area contributed by atoms with Crippen LogP contribution in [0.5, 0.6) is 0 Å². The molecule has 0 atom stereocenters. The van der Waals surface area contributed by atoms with E-state index in [4.69, 9.17) is 4.42 Å². The second-order valence-corrected chi connectivity index (χ2v) is 5.44. The van der Waals surface area contributed by atoms with Gasteiger partial charge >= 0.3 is 0 Å². The Balaban J connectivity index is 1.96. The Morgan fingerprint density at radius 1 is 1.35 bits per heavy atom. The third kappa shape index (κ3) is 2.32. The van der Waals surface area contributed by atoms with E-state index in [2.05, 4.69) is 4.98 Å². The summed E-state index contributed by atoms with van der Waals surface area (Å²) in [7, 11) is 0. The molecule has 0 aliphatic rings. The topological polar surface area (TPSA) is 48.0 Å². The van der Waals surface area contributed by atoms with Crippen molar-refractivity contribution in [2.24, 2.45) is 0 Å². The lowest BCUT2D eigenvalue weighted by Gasteiger charge is -2.04. The van der Waals surface area contributed by atoms with Crippen LogP contribution in [0.3, 0.4) is 0 Å². The van der Waals surface area contributed by atoms with E-state index in [1.807, 2.05) is 42.8 Å². The van der Waals surface area contributed by atoms with Crippen LogP contribution >= 0.6 is 11.3 Å². The molecular formula is C15H14N2O2S. The fraction of sp³-hybridized carbons (Fsp3) is 0.200. The molecule has 0 aliphatic heterocycles. The van der Waals surface area contributed by atoms with E-state index in [0.717, 1.165) is 22.6 Å². The van der Waals surface area contributed by atoms with Crippen LogP contribution in [-0.4, -0.2) is 9.55 Å². The summed E-state index contributed by atoms with van der Waals surface area (Å²) in [6.07, 6.45) is 1.77. The van der Waals surface area contributed by atoms with Gasteiger partial charge in [0.2, 0.25) is 5.89 Å². The number of aromatic nitrogens is 2. The largest absolute Gasteiger partial charge is 0.441 e. The van der Waals surface area contributed by atoms with Crippen molar-refractivity contribution in [3.05, 3.63) is 62.5 Å². The number of oxazole rings is 1. The molecule has 0 fully saturated rings. The summed E-state index contributed by atoms with van der Waals surface area (Å²) >= 11 is 1.60. The van der Waals surface area contributed by atoms with Crippen molar-refractivity contribution in [2.45, 2.75) is 20.4 Å². The number of rotatable bonds is 3. The standard InChI is InChI=1S/C15H14N2O2S/c1-10-4-3-6-17(15(10)18)8-13-11(2)19-14(16-13)12-5-7-20-9-12/h3-7,9H,8H2,1-2H3. The second kappa shape index (κ2) is 5.09. The molecule has 0 aliphatic carbocycles. The lowest BCUT2D eigenvalue weighted by molar-refractivity contribution is 0.537. The zero-order chi connectivity index (χ0) is 14.1. The summed E-state index contributed by atoms with van der Waals surface area (Å²) in [6.45, 7) is 4.12. The number of nitrogens with zero attached hydrogens (tertiary/aromatic N) is 2. The average molecular weight is 286 g/mol. The molecule has 20 heavy (non-hydrogen) atoms. The van der Waals surface area contributed by atoms with Crippen LogP contribution in [0.4, 0.5) is 0 Å². The van der Waals surface area contributed by atoms with Crippen LogP contribution in [-0.2, 0) is 6.54 Å². The molecule has 0 aromatic carbocycles. The molecule has 0 saturated heterocycles. The van der Waals surface area contributed by atoms with E-state index < -0.39 is 0 Å². The Hall–Kier alpha value is -2.14. The van der Waals surface area contributed by atoms with E-state index in [9.17, 15) is 4.79 Å². The number of aryl methyl sites for hydroxylation is 2. The number of hydrogen-bond acceptors (Lipinski definition) is 4. The summed E-state index contributed by atoms with van der Waals surface area (Å²) in [6, 6.07) is 5.65. The smallest absolute Gasteiger partial charge is 0.253 e. The zero-order valence-corrected chi connectivity index (χ0v) is 12.1. The number of pyridine rings is 1. The third-order valence-electron chi connectivity index (χ3n) is 3.19. The SMILES string of the molecule is Cc1oc(-c2ccsc2)nc1Cn1cccc(C)c1=O. The van der Waals surface area contributed by atoms with Crippen molar-refractivity contribution < 1.29 is 4.42 Å². The zero-order valence-electron chi connectivity index (χ0n) is 11.3. The minimum absolute atomic E-state index is 0.00647. The van der Waals surface area contributed by atoms with Gasteiger partial charge in [-0.15, -0.1) is 0 Å². The van der Waals surface area contributed by atoms with Gasteiger partial charge in [0.1, 0.15) is 11.5 Å². The molecule has 0 amide bonds. The van der Waals surface area contributed by atoms with Gasteiger partial charge in [-0.05, 0) is 31.4 Å². The van der Waals surface area contributed by atoms with Crippen LogP contribution in [0.15, 0.2) is 44.4 Å². The highest BCUT2D eigenvalue weighted by Gasteiger charge is 2.12. The summed E-state index contributed by atoms with van der Waals surface area (Å²) in [5.41, 5.74) is 2.50. The van der Waals surface area contributed by atoms with Crippen molar-refractivity contribution in [1.82, 2.24) is 9.55 Å². The monoisotopic (exact) mass is 286 g/mol. The first kappa shape index (κ1) is 12.9. The molecule has 0 saturated carbocycles. The minimum atomic E-state index is 0.00647. The Bertz CT molecular complexity index is 785. The molecule has 0 unspecified atom stereocenters. The highest BCUT2D eigenvalue weighted by atomic mass is 32.1. The average Bonchev–Trinajstić information content (AvgIpc) is 3.05. The van der Waals surface area contributed by atoms with Crippen LogP contribution in [0.1, 0.15) is 17.0 Å². The third-order valence-corrected chi connectivity index (χ3v) is 3.87. The molecule has 3 aromatic heterocycles. The maximum atomic E-state index is 12.0. The maximum Gasteiger partial charge on any atom is 0.253 e. The minimum Gasteiger partial charge on any atom is -0.441 e. The number of hydrogen-bond donors (Lipinski definition) is 0. The molecule has 3 heterocycles. The molecule has 0 N–H and O–H groups in total. The Morgan fingerprint density at radius 2 is 2.20 bits per heavy atom. The van der Waals surface area contributed by atoms with Crippen molar-refractivity contribution >= 4 is 11.3 Å². The van der Waals surface area contributed by atoms with Gasteiger partial charge in [-0.1, -0.05) is 6.07 Å². The lowest BCUT2D eigenvalue weighted by Crippen LogP contribution is -2.22. The molecule has 0 bridgehead atoms. The van der Waals surface area contributed by atoms with Crippen LogP contribution in [0, 0.1) is 13.8 Å². The van der Waals surface area contributed by atoms with Gasteiger partial charge in [-0.2, -0.15) is 11.3 Å². The highest BCUT2D eigenvalue weighted by molar-refractivity contribution is 7.08. The first-order valence-electron chi connectivity index (χ1n) is 6.30. The van der Waals surface area contributed by atoms with E-state index in [0.29, 0.717) is 12.4 Å². The summed E-state index contributed by atoms with van der Waals surface area (Å²) in [5, 5.41) is 3.98. The quantitative estimate of drug-likeness (QED) is 0.742. The molecule has 3 rings (SSSR count). The van der Waals surface area contributed by atoms with Gasteiger partial charge in [0.25, 0.3) is 5.56 Å². The predicted molar refractivity (Wildman–Crippen MR) is 79.1 cm³/mol. The van der Waals surface area contributed by atoms with E-state index in [-0.39, 0.29) is 5.56 Å². The number of thiophene rings is 1. The Labute approximate surface area is 120 Å². The molecule has 0 radical (unpaired) electrons. The fourth-order valence-corrected chi connectivity index (χ4v) is 2.66. The van der Waals surface area contributed by atoms with Gasteiger partial charge in [0, 0.05) is 22.7 Å². The first-order valence-corrected chi connectivity index (χ1v) is 7.24. The van der Waals surface area contributed by atoms with Crippen molar-refractivity contribution in [3.63, 3.8) is 0 Å². The van der Waals surface area contributed by atoms with Crippen LogP contribution < -0.4 is 5.56 Å². The van der Waals surface area contributed by atoms with Crippen LogP contribution in [0.25, 0.3) is 11.5 Å². The van der Waals surface area contributed by atoms with Gasteiger partial charge < -0.3 is 8.98 Å². The molecule has 4 nitrogen and oxygen atoms in total. The normalized spacial score (nSPS) is 10.9. The van der Waals surface area contributed by atoms with Crippen LogP contribution in [0.2, 0.25) is 0 Å². The summed E-state index contributed by atoms with van der Waals surface area (Å²) in [5.74, 6) is 1.36. The van der Waals surface area contributed by atoms with E-state index >= 15 is 0 Å². The van der Waals surface area contributed by atoms with Crippen molar-refractivity contribution in [3.8, 4) is 11.5 Å². The fourth-order valence-electron chi connectivity index (χ4n) is 2.03. The highest BCUT2D eigenvalue weighted by Crippen LogP contribution is 2.24. The molecule has 3 aromatic rings.